The summed E-state index contributed by atoms with van der Waals surface area (Å²) in [5.74, 6) is 0.709. The first-order chi connectivity index (χ1) is 8.67. The molecule has 1 heterocycles. The number of hydrogen-bond acceptors (Lipinski definition) is 2. The molecular weight excluding hydrogens is 244 g/mol. The molecule has 0 radical (unpaired) electrons. The smallest absolute Gasteiger partial charge is 0.320 e. The summed E-state index contributed by atoms with van der Waals surface area (Å²) in [6.07, 6.45) is 1.05. The van der Waals surface area contributed by atoms with Gasteiger partial charge >= 0.3 is 6.03 Å². The van der Waals surface area contributed by atoms with Gasteiger partial charge in [0.2, 0.25) is 0 Å². The molecule has 1 aliphatic rings. The fourth-order valence-electron chi connectivity index (χ4n) is 2.38. The van der Waals surface area contributed by atoms with Crippen molar-refractivity contribution in [2.45, 2.75) is 19.4 Å². The maximum absolute atomic E-state index is 12.0. The Hall–Kier alpha value is -1.16. The number of nitrogens with zero attached hydrogens (tertiary/aromatic N) is 2. The van der Waals surface area contributed by atoms with E-state index in [1.807, 2.05) is 16.8 Å². The highest BCUT2D eigenvalue weighted by molar-refractivity contribution is 7.80. The summed E-state index contributed by atoms with van der Waals surface area (Å²) in [5, 5.41) is 0. The summed E-state index contributed by atoms with van der Waals surface area (Å²) in [4.78, 5) is 15.7. The lowest BCUT2D eigenvalue weighted by Crippen LogP contribution is -2.30. The van der Waals surface area contributed by atoms with Crippen LogP contribution in [0.5, 0.6) is 0 Å². The van der Waals surface area contributed by atoms with E-state index in [-0.39, 0.29) is 12.1 Å². The zero-order chi connectivity index (χ0) is 13.1. The molecule has 1 unspecified atom stereocenters. The molecule has 1 saturated heterocycles. The summed E-state index contributed by atoms with van der Waals surface area (Å²) in [6, 6.07) is 8.84. The molecule has 0 aliphatic carbocycles. The number of rotatable bonds is 4. The summed E-state index contributed by atoms with van der Waals surface area (Å²) in [7, 11) is 1.87. The van der Waals surface area contributed by atoms with E-state index in [1.54, 1.807) is 0 Å². The minimum Gasteiger partial charge on any atom is -0.321 e. The third-order valence-corrected chi connectivity index (χ3v) is 3.78. The van der Waals surface area contributed by atoms with Crippen LogP contribution in [-0.2, 0) is 6.42 Å². The van der Waals surface area contributed by atoms with Gasteiger partial charge in [-0.05, 0) is 17.5 Å². The number of carbonyl (C=O) groups is 1. The third kappa shape index (κ3) is 2.48. The summed E-state index contributed by atoms with van der Waals surface area (Å²) < 4.78 is 0. The van der Waals surface area contributed by atoms with Crippen LogP contribution in [0.1, 0.15) is 24.1 Å². The van der Waals surface area contributed by atoms with Gasteiger partial charge in [0.1, 0.15) is 0 Å². The van der Waals surface area contributed by atoms with Crippen molar-refractivity contribution in [3.8, 4) is 0 Å². The maximum Gasteiger partial charge on any atom is 0.320 e. The van der Waals surface area contributed by atoms with Gasteiger partial charge in [-0.25, -0.2) is 4.79 Å². The number of aryl methyl sites for hydroxylation is 1. The van der Waals surface area contributed by atoms with Gasteiger partial charge in [0.25, 0.3) is 0 Å². The fourth-order valence-corrected chi connectivity index (χ4v) is 2.62. The molecule has 2 amide bonds. The lowest BCUT2D eigenvalue weighted by Gasteiger charge is -2.18. The highest BCUT2D eigenvalue weighted by Crippen LogP contribution is 2.28. The standard InChI is InChI=1S/C14H20N2OS/c1-3-11-4-6-12(7-5-11)13-10-16(8-9-18)14(17)15(13)2/h4-7,13,18H,3,8-10H2,1-2H3. The second kappa shape index (κ2) is 5.65. The van der Waals surface area contributed by atoms with E-state index in [0.717, 1.165) is 19.5 Å². The van der Waals surface area contributed by atoms with E-state index in [2.05, 4.69) is 43.8 Å². The largest absolute Gasteiger partial charge is 0.321 e. The predicted octanol–water partition coefficient (Wildman–Crippen LogP) is 2.59. The molecule has 1 aliphatic heterocycles. The summed E-state index contributed by atoms with van der Waals surface area (Å²) in [6.45, 7) is 3.63. The quantitative estimate of drug-likeness (QED) is 0.830. The van der Waals surface area contributed by atoms with E-state index < -0.39 is 0 Å². The predicted molar refractivity (Wildman–Crippen MR) is 77.1 cm³/mol. The average molecular weight is 264 g/mol. The van der Waals surface area contributed by atoms with Crippen LogP contribution in [-0.4, -0.2) is 41.7 Å². The lowest BCUT2D eigenvalue weighted by molar-refractivity contribution is 0.197. The van der Waals surface area contributed by atoms with Gasteiger partial charge < -0.3 is 9.80 Å². The highest BCUT2D eigenvalue weighted by atomic mass is 32.1. The van der Waals surface area contributed by atoms with E-state index in [4.69, 9.17) is 0 Å². The maximum atomic E-state index is 12.0. The monoisotopic (exact) mass is 264 g/mol. The summed E-state index contributed by atoms with van der Waals surface area (Å²) >= 11 is 4.20. The Balaban J connectivity index is 2.15. The molecule has 1 aromatic rings. The van der Waals surface area contributed by atoms with E-state index in [1.165, 1.54) is 11.1 Å². The van der Waals surface area contributed by atoms with Crippen molar-refractivity contribution < 1.29 is 4.79 Å². The van der Waals surface area contributed by atoms with Crippen LogP contribution in [0, 0.1) is 0 Å². The van der Waals surface area contributed by atoms with Gasteiger partial charge in [-0.2, -0.15) is 12.6 Å². The Bertz CT molecular complexity index is 418. The highest BCUT2D eigenvalue weighted by Gasteiger charge is 2.34. The molecule has 0 spiro atoms. The first-order valence-corrected chi connectivity index (χ1v) is 7.02. The molecule has 18 heavy (non-hydrogen) atoms. The van der Waals surface area contributed by atoms with Crippen molar-refractivity contribution in [1.29, 1.82) is 0 Å². The second-order valence-electron chi connectivity index (χ2n) is 4.67. The van der Waals surface area contributed by atoms with Gasteiger partial charge in [-0.3, -0.25) is 0 Å². The number of amides is 2. The van der Waals surface area contributed by atoms with Crippen LogP contribution < -0.4 is 0 Å². The Morgan fingerprint density at radius 2 is 2.00 bits per heavy atom. The van der Waals surface area contributed by atoms with E-state index in [0.29, 0.717) is 5.75 Å². The second-order valence-corrected chi connectivity index (χ2v) is 5.12. The molecular formula is C14H20N2OS. The van der Waals surface area contributed by atoms with Crippen LogP contribution in [0.25, 0.3) is 0 Å². The van der Waals surface area contributed by atoms with Crippen LogP contribution in [0.4, 0.5) is 4.79 Å². The van der Waals surface area contributed by atoms with Crippen molar-refractivity contribution in [3.05, 3.63) is 35.4 Å². The Labute approximate surface area is 114 Å². The zero-order valence-corrected chi connectivity index (χ0v) is 11.9. The van der Waals surface area contributed by atoms with Crippen molar-refractivity contribution in [2.24, 2.45) is 0 Å². The van der Waals surface area contributed by atoms with Crippen LogP contribution >= 0.6 is 12.6 Å². The molecule has 2 rings (SSSR count). The Kier molecular flexibility index (Phi) is 4.17. The van der Waals surface area contributed by atoms with Gasteiger partial charge in [-0.1, -0.05) is 31.2 Å². The number of hydrogen-bond donors (Lipinski definition) is 1. The van der Waals surface area contributed by atoms with E-state index >= 15 is 0 Å². The van der Waals surface area contributed by atoms with Gasteiger partial charge in [0, 0.05) is 25.9 Å². The summed E-state index contributed by atoms with van der Waals surface area (Å²) in [5.41, 5.74) is 2.54. The van der Waals surface area contributed by atoms with E-state index in [9.17, 15) is 4.79 Å². The molecule has 0 aromatic heterocycles. The van der Waals surface area contributed by atoms with Gasteiger partial charge in [-0.15, -0.1) is 0 Å². The Morgan fingerprint density at radius 3 is 2.56 bits per heavy atom. The number of likely N-dealkylation sites (N-methyl/N-ethyl adjacent to an activating group) is 1. The topological polar surface area (TPSA) is 23.6 Å². The van der Waals surface area contributed by atoms with Crippen molar-refractivity contribution in [1.82, 2.24) is 9.80 Å². The number of urea groups is 1. The number of thiol groups is 1. The van der Waals surface area contributed by atoms with Crippen molar-refractivity contribution in [3.63, 3.8) is 0 Å². The Morgan fingerprint density at radius 1 is 1.33 bits per heavy atom. The first kappa shape index (κ1) is 13.3. The normalized spacial score (nSPS) is 19.7. The minimum atomic E-state index is 0.105. The molecule has 0 N–H and O–H groups in total. The molecule has 1 fully saturated rings. The van der Waals surface area contributed by atoms with Gasteiger partial charge in [0.15, 0.2) is 0 Å². The number of carbonyl (C=O) groups excluding carboxylic acids is 1. The molecule has 4 heteroatoms. The average Bonchev–Trinajstić information content (AvgIpc) is 2.68. The fraction of sp³-hybridized carbons (Fsp3) is 0.500. The molecule has 0 bridgehead atoms. The van der Waals surface area contributed by atoms with Crippen LogP contribution in [0.2, 0.25) is 0 Å². The third-order valence-electron chi connectivity index (χ3n) is 3.58. The van der Waals surface area contributed by atoms with Crippen molar-refractivity contribution >= 4 is 18.7 Å². The molecule has 1 atom stereocenters. The van der Waals surface area contributed by atoms with Crippen LogP contribution in [0.3, 0.4) is 0 Å². The molecule has 1 aromatic carbocycles. The van der Waals surface area contributed by atoms with Crippen molar-refractivity contribution in [2.75, 3.05) is 25.9 Å². The molecule has 0 saturated carbocycles. The minimum absolute atomic E-state index is 0.105. The molecule has 98 valence electrons. The number of benzene rings is 1. The molecule has 3 nitrogen and oxygen atoms in total. The van der Waals surface area contributed by atoms with Gasteiger partial charge in [0.05, 0.1) is 6.04 Å². The lowest BCUT2D eigenvalue weighted by atomic mass is 10.0. The SMILES string of the molecule is CCc1ccc(C2CN(CCS)C(=O)N2C)cc1. The zero-order valence-electron chi connectivity index (χ0n) is 11.0. The first-order valence-electron chi connectivity index (χ1n) is 6.38. The van der Waals surface area contributed by atoms with Crippen LogP contribution in [0.15, 0.2) is 24.3 Å².